The number of benzene rings is 10. The van der Waals surface area contributed by atoms with Crippen molar-refractivity contribution in [3.63, 3.8) is 0 Å². The van der Waals surface area contributed by atoms with Gasteiger partial charge in [0.2, 0.25) is 0 Å². The molecule has 0 spiro atoms. The number of fused-ring (bicyclic) bond motifs is 3. The standard InChI is InChI=1S/C57H33N3O/c1-2-12-34(13-3-1)38-18-8-19-41(30-38)55-58-56(60-57(59-55)47-21-6-5-20-43(47)50-33-39-14-4-7-25-49(39)61-50)42-31-40-29-28-37-16-10-23-45-44-22-9-15-35-26-27-36-17-11-24-46(53(36)51(35)44)48(32-42)54(40)52(37)45/h1-33H. The number of rotatable bonds is 5. The SMILES string of the molecule is c1ccc(-c2cccc(-c3nc(-c4cc5ccc6cccc7c8cccc9ccc%10cccc(c(c4)c5c67)c%10c98)nc(-c4ccccc4-c4cc5ccccc5o4)n3)c2)cc1. The third-order valence-corrected chi connectivity index (χ3v) is 12.4. The first kappa shape index (κ1) is 33.7. The Bertz CT molecular complexity index is 3850. The lowest BCUT2D eigenvalue weighted by molar-refractivity contribution is 0.631. The second-order valence-electron chi connectivity index (χ2n) is 15.9. The van der Waals surface area contributed by atoms with Crippen LogP contribution >= 0.6 is 0 Å². The van der Waals surface area contributed by atoms with E-state index in [4.69, 9.17) is 19.4 Å². The molecule has 61 heavy (non-hydrogen) atoms. The van der Waals surface area contributed by atoms with E-state index < -0.39 is 0 Å². The highest BCUT2D eigenvalue weighted by molar-refractivity contribution is 6.37. The third-order valence-electron chi connectivity index (χ3n) is 12.4. The molecule has 2 heterocycles. The molecular formula is C57H33N3O. The molecule has 282 valence electrons. The molecule has 0 saturated heterocycles. The summed E-state index contributed by atoms with van der Waals surface area (Å²) in [4.78, 5) is 16.0. The fourth-order valence-corrected chi connectivity index (χ4v) is 9.64. The number of para-hydroxylation sites is 1. The van der Waals surface area contributed by atoms with Gasteiger partial charge in [-0.1, -0.05) is 170 Å². The summed E-state index contributed by atoms with van der Waals surface area (Å²) >= 11 is 0. The second kappa shape index (κ2) is 13.2. The fraction of sp³-hybridized carbons (Fsp3) is 0. The average molecular weight is 776 g/mol. The first-order chi connectivity index (χ1) is 30.2. The van der Waals surface area contributed by atoms with Gasteiger partial charge in [-0.25, -0.2) is 15.0 Å². The van der Waals surface area contributed by atoms with Crippen LogP contribution in [0.4, 0.5) is 0 Å². The van der Waals surface area contributed by atoms with Gasteiger partial charge in [0.25, 0.3) is 0 Å². The molecule has 4 nitrogen and oxygen atoms in total. The minimum absolute atomic E-state index is 0.575. The molecule has 0 N–H and O–H groups in total. The lowest BCUT2D eigenvalue weighted by atomic mass is 9.87. The van der Waals surface area contributed by atoms with Crippen LogP contribution in [-0.4, -0.2) is 15.0 Å². The van der Waals surface area contributed by atoms with Gasteiger partial charge >= 0.3 is 0 Å². The van der Waals surface area contributed by atoms with Crippen LogP contribution in [0.5, 0.6) is 0 Å². The van der Waals surface area contributed by atoms with Crippen LogP contribution in [0.25, 0.3) is 132 Å². The molecule has 0 amide bonds. The van der Waals surface area contributed by atoms with Gasteiger partial charge in [0.15, 0.2) is 17.5 Å². The van der Waals surface area contributed by atoms with Crippen molar-refractivity contribution in [1.29, 1.82) is 0 Å². The van der Waals surface area contributed by atoms with Crippen molar-refractivity contribution in [3.05, 3.63) is 200 Å². The average Bonchev–Trinajstić information content (AvgIpc) is 3.77. The quantitative estimate of drug-likeness (QED) is 0.163. The maximum absolute atomic E-state index is 6.46. The summed E-state index contributed by atoms with van der Waals surface area (Å²) in [6, 6.07) is 71.1. The molecule has 2 aromatic heterocycles. The van der Waals surface area contributed by atoms with Gasteiger partial charge in [-0.3, -0.25) is 0 Å². The summed E-state index contributed by atoms with van der Waals surface area (Å²) in [6.45, 7) is 0. The smallest absolute Gasteiger partial charge is 0.164 e. The van der Waals surface area contributed by atoms with Crippen LogP contribution < -0.4 is 0 Å². The highest BCUT2D eigenvalue weighted by atomic mass is 16.3. The molecular weight excluding hydrogens is 743 g/mol. The Morgan fingerprint density at radius 1 is 0.279 bits per heavy atom. The van der Waals surface area contributed by atoms with E-state index >= 15 is 0 Å². The van der Waals surface area contributed by atoms with Crippen LogP contribution in [0.15, 0.2) is 205 Å². The maximum atomic E-state index is 6.46. The molecule has 13 aromatic rings. The first-order valence-electron chi connectivity index (χ1n) is 20.7. The van der Waals surface area contributed by atoms with E-state index in [2.05, 4.69) is 164 Å². The van der Waals surface area contributed by atoms with Crippen LogP contribution in [0.2, 0.25) is 0 Å². The summed E-state index contributed by atoms with van der Waals surface area (Å²) in [7, 11) is 0. The van der Waals surface area contributed by atoms with E-state index in [9.17, 15) is 0 Å². The Hall–Kier alpha value is -8.21. The molecule has 0 bridgehead atoms. The Morgan fingerprint density at radius 2 is 0.787 bits per heavy atom. The number of hydrogen-bond donors (Lipinski definition) is 0. The lowest BCUT2D eigenvalue weighted by Crippen LogP contribution is -2.01. The molecule has 4 heteroatoms. The summed E-state index contributed by atoms with van der Waals surface area (Å²) in [5.74, 6) is 2.54. The van der Waals surface area contributed by atoms with Crippen LogP contribution in [0.3, 0.4) is 0 Å². The molecule has 0 fully saturated rings. The second-order valence-corrected chi connectivity index (χ2v) is 15.9. The van der Waals surface area contributed by atoms with Crippen LogP contribution in [-0.2, 0) is 0 Å². The van der Waals surface area contributed by atoms with Crippen molar-refractivity contribution in [3.8, 4) is 56.6 Å². The van der Waals surface area contributed by atoms with Crippen molar-refractivity contribution in [1.82, 2.24) is 15.0 Å². The minimum Gasteiger partial charge on any atom is -0.456 e. The van der Waals surface area contributed by atoms with E-state index in [1.54, 1.807) is 0 Å². The van der Waals surface area contributed by atoms with Gasteiger partial charge in [-0.15, -0.1) is 0 Å². The molecule has 0 unspecified atom stereocenters. The Labute approximate surface area is 350 Å². The Morgan fingerprint density at radius 3 is 1.49 bits per heavy atom. The van der Waals surface area contributed by atoms with Gasteiger partial charge in [0.05, 0.1) is 0 Å². The number of hydrogen-bond acceptors (Lipinski definition) is 4. The number of furan rings is 1. The monoisotopic (exact) mass is 775 g/mol. The molecule has 0 radical (unpaired) electrons. The maximum Gasteiger partial charge on any atom is 0.164 e. The molecule has 13 rings (SSSR count). The van der Waals surface area contributed by atoms with Gasteiger partial charge < -0.3 is 4.42 Å². The zero-order chi connectivity index (χ0) is 40.0. The largest absolute Gasteiger partial charge is 0.456 e. The summed E-state index contributed by atoms with van der Waals surface area (Å²) in [5, 5.41) is 15.7. The molecule has 0 aliphatic rings. The lowest BCUT2D eigenvalue weighted by Gasteiger charge is -2.17. The van der Waals surface area contributed by atoms with E-state index in [1.165, 1.54) is 53.9 Å². The molecule has 0 atom stereocenters. The van der Waals surface area contributed by atoms with E-state index in [0.717, 1.165) is 60.9 Å². The van der Waals surface area contributed by atoms with Gasteiger partial charge in [0.1, 0.15) is 11.3 Å². The first-order valence-corrected chi connectivity index (χ1v) is 20.7. The number of aromatic nitrogens is 3. The van der Waals surface area contributed by atoms with Crippen LogP contribution in [0, 0.1) is 0 Å². The zero-order valence-corrected chi connectivity index (χ0v) is 32.8. The predicted molar refractivity (Wildman–Crippen MR) is 253 cm³/mol. The van der Waals surface area contributed by atoms with Gasteiger partial charge in [-0.2, -0.15) is 0 Å². The van der Waals surface area contributed by atoms with Crippen molar-refractivity contribution < 1.29 is 4.42 Å². The molecule has 11 aromatic carbocycles. The third kappa shape index (κ3) is 5.29. The van der Waals surface area contributed by atoms with Gasteiger partial charge in [0, 0.05) is 27.6 Å². The summed E-state index contributed by atoms with van der Waals surface area (Å²) in [5.41, 5.74) is 6.67. The molecule has 0 aliphatic heterocycles. The predicted octanol–water partition coefficient (Wildman–Crippen LogP) is 15.3. The Kier molecular flexibility index (Phi) is 7.27. The normalized spacial score (nSPS) is 11.9. The summed E-state index contributed by atoms with van der Waals surface area (Å²) < 4.78 is 6.46. The van der Waals surface area contributed by atoms with Gasteiger partial charge in [-0.05, 0) is 106 Å². The van der Waals surface area contributed by atoms with E-state index in [1.807, 2.05) is 36.4 Å². The molecule has 0 saturated carbocycles. The minimum atomic E-state index is 0.575. The van der Waals surface area contributed by atoms with E-state index in [0.29, 0.717) is 17.5 Å². The highest BCUT2D eigenvalue weighted by Crippen LogP contribution is 2.45. The van der Waals surface area contributed by atoms with Crippen molar-refractivity contribution in [2.45, 2.75) is 0 Å². The highest BCUT2D eigenvalue weighted by Gasteiger charge is 2.21. The van der Waals surface area contributed by atoms with Crippen molar-refractivity contribution in [2.75, 3.05) is 0 Å². The van der Waals surface area contributed by atoms with E-state index in [-0.39, 0.29) is 0 Å². The van der Waals surface area contributed by atoms with Crippen molar-refractivity contribution >= 4 is 75.6 Å². The summed E-state index contributed by atoms with van der Waals surface area (Å²) in [6.07, 6.45) is 0. The topological polar surface area (TPSA) is 51.8 Å². The van der Waals surface area contributed by atoms with Crippen LogP contribution in [0.1, 0.15) is 0 Å². The molecule has 0 aliphatic carbocycles. The van der Waals surface area contributed by atoms with Crippen molar-refractivity contribution in [2.24, 2.45) is 0 Å². The number of nitrogens with zero attached hydrogens (tertiary/aromatic N) is 3. The zero-order valence-electron chi connectivity index (χ0n) is 32.8. The Balaban J connectivity index is 1.12. The fourth-order valence-electron chi connectivity index (χ4n) is 9.64.